The van der Waals surface area contributed by atoms with E-state index in [0.29, 0.717) is 17.9 Å². The quantitative estimate of drug-likeness (QED) is 0.502. The van der Waals surface area contributed by atoms with Crippen molar-refractivity contribution < 1.29 is 32.5 Å². The second kappa shape index (κ2) is 12.4. The molecule has 1 aromatic carbocycles. The van der Waals surface area contributed by atoms with E-state index in [1.165, 1.54) is 23.5 Å². The Morgan fingerprint density at radius 2 is 1.81 bits per heavy atom. The number of aliphatic hydroxyl groups is 1. The van der Waals surface area contributed by atoms with Gasteiger partial charge in [-0.15, -0.1) is 0 Å². The van der Waals surface area contributed by atoms with Gasteiger partial charge in [-0.25, -0.2) is 8.42 Å². The number of carbonyl (C=O) groups excluding carboxylic acids is 1. The largest absolute Gasteiger partial charge is 0.497 e. The summed E-state index contributed by atoms with van der Waals surface area (Å²) >= 11 is 0. The van der Waals surface area contributed by atoms with Crippen molar-refractivity contribution in [2.45, 2.75) is 57.6 Å². The molecule has 0 aromatic heterocycles. The third kappa shape index (κ3) is 7.21. The Bertz CT molecular complexity index is 996. The number of amides is 1. The van der Waals surface area contributed by atoms with E-state index in [1.807, 2.05) is 11.0 Å². The molecule has 1 N–H and O–H groups in total. The summed E-state index contributed by atoms with van der Waals surface area (Å²) in [5, 5.41) is 9.48. The molecule has 1 saturated heterocycles. The molecular weight excluding hydrogens is 484 g/mol. The van der Waals surface area contributed by atoms with Crippen LogP contribution in [0.15, 0.2) is 41.0 Å². The molecule has 0 bridgehead atoms. The van der Waals surface area contributed by atoms with Crippen LogP contribution < -0.4 is 4.74 Å². The van der Waals surface area contributed by atoms with Gasteiger partial charge in [-0.05, 0) is 60.9 Å². The van der Waals surface area contributed by atoms with Crippen molar-refractivity contribution in [3.8, 4) is 5.75 Å². The topological polar surface area (TPSA) is 106 Å². The molecule has 2 aliphatic heterocycles. The van der Waals surface area contributed by atoms with E-state index < -0.39 is 16.3 Å². The Labute approximate surface area is 215 Å². The standard InChI is InChI=1S/C26H40N2O7S/c1-26(2,3)20-18-23(25(30)27-12-6-5-7-13-27)35-24(19-20)34-17-15-28(14-16-29)36(31,32)22-10-8-21(33-4)9-11-22/h8-11,18,20,24,29H,5-7,12-17,19H2,1-4H3/t20-,24+/m1/s1. The second-order valence-corrected chi connectivity index (χ2v) is 12.3. The molecule has 2 heterocycles. The molecule has 1 amide bonds. The smallest absolute Gasteiger partial charge is 0.288 e. The Morgan fingerprint density at radius 1 is 1.14 bits per heavy atom. The number of aliphatic hydroxyl groups excluding tert-OH is 1. The summed E-state index contributed by atoms with van der Waals surface area (Å²) in [5.41, 5.74) is -0.0978. The van der Waals surface area contributed by atoms with Crippen molar-refractivity contribution in [3.63, 3.8) is 0 Å². The molecule has 2 atom stereocenters. The number of allylic oxidation sites excluding steroid dienone is 1. The van der Waals surface area contributed by atoms with Gasteiger partial charge in [0, 0.05) is 32.6 Å². The lowest BCUT2D eigenvalue weighted by Crippen LogP contribution is -2.41. The zero-order chi connectivity index (χ0) is 26.3. The number of nitrogens with zero attached hydrogens (tertiary/aromatic N) is 2. The zero-order valence-corrected chi connectivity index (χ0v) is 22.6. The fraction of sp³-hybridized carbons (Fsp3) is 0.654. The molecule has 2 aliphatic rings. The maximum Gasteiger partial charge on any atom is 0.288 e. The number of hydrogen-bond acceptors (Lipinski definition) is 7. The molecule has 0 saturated carbocycles. The van der Waals surface area contributed by atoms with Gasteiger partial charge in [0.05, 0.1) is 25.2 Å². The predicted octanol–water partition coefficient (Wildman–Crippen LogP) is 3.00. The molecular formula is C26H40N2O7S. The maximum atomic E-state index is 13.1. The van der Waals surface area contributed by atoms with E-state index in [0.717, 1.165) is 32.4 Å². The van der Waals surface area contributed by atoms with E-state index in [2.05, 4.69) is 20.8 Å². The summed E-state index contributed by atoms with van der Waals surface area (Å²) in [7, 11) is -2.33. The molecule has 202 valence electrons. The number of hydrogen-bond donors (Lipinski definition) is 1. The van der Waals surface area contributed by atoms with Gasteiger partial charge in [0.1, 0.15) is 5.75 Å². The van der Waals surface area contributed by atoms with E-state index in [1.54, 1.807) is 12.1 Å². The molecule has 0 spiro atoms. The summed E-state index contributed by atoms with van der Waals surface area (Å²) < 4.78 is 44.5. The van der Waals surface area contributed by atoms with Gasteiger partial charge in [-0.3, -0.25) is 4.79 Å². The number of carbonyl (C=O) groups is 1. The minimum Gasteiger partial charge on any atom is -0.497 e. The van der Waals surface area contributed by atoms with E-state index in [-0.39, 0.29) is 48.4 Å². The van der Waals surface area contributed by atoms with Crippen LogP contribution in [0.3, 0.4) is 0 Å². The highest BCUT2D eigenvalue weighted by Crippen LogP contribution is 2.37. The Kier molecular flexibility index (Phi) is 9.79. The first-order valence-corrected chi connectivity index (χ1v) is 14.0. The number of likely N-dealkylation sites (tertiary alicyclic amines) is 1. The summed E-state index contributed by atoms with van der Waals surface area (Å²) in [6, 6.07) is 6.11. The van der Waals surface area contributed by atoms with Crippen LogP contribution >= 0.6 is 0 Å². The number of sulfonamides is 1. The first-order chi connectivity index (χ1) is 17.1. The van der Waals surface area contributed by atoms with Crippen molar-refractivity contribution in [3.05, 3.63) is 36.1 Å². The molecule has 0 radical (unpaired) electrons. The molecule has 1 fully saturated rings. The van der Waals surface area contributed by atoms with Crippen molar-refractivity contribution >= 4 is 15.9 Å². The Balaban J connectivity index is 1.67. The number of methoxy groups -OCH3 is 1. The van der Waals surface area contributed by atoms with Crippen LogP contribution in [-0.4, -0.2) is 81.4 Å². The van der Waals surface area contributed by atoms with Gasteiger partial charge in [0.25, 0.3) is 5.91 Å². The number of benzene rings is 1. The highest BCUT2D eigenvalue weighted by molar-refractivity contribution is 7.89. The predicted molar refractivity (Wildman–Crippen MR) is 136 cm³/mol. The number of piperidine rings is 1. The van der Waals surface area contributed by atoms with E-state index in [4.69, 9.17) is 14.2 Å². The second-order valence-electron chi connectivity index (χ2n) is 10.3. The monoisotopic (exact) mass is 524 g/mol. The summed E-state index contributed by atoms with van der Waals surface area (Å²) in [4.78, 5) is 15.1. The lowest BCUT2D eigenvalue weighted by atomic mass is 9.77. The van der Waals surface area contributed by atoms with Crippen LogP contribution in [0.5, 0.6) is 5.75 Å². The Morgan fingerprint density at radius 3 is 2.39 bits per heavy atom. The minimum atomic E-state index is -3.84. The van der Waals surface area contributed by atoms with E-state index in [9.17, 15) is 18.3 Å². The van der Waals surface area contributed by atoms with Crippen LogP contribution in [0.25, 0.3) is 0 Å². The van der Waals surface area contributed by atoms with Gasteiger partial charge in [-0.2, -0.15) is 4.31 Å². The van der Waals surface area contributed by atoms with Crippen LogP contribution in [0, 0.1) is 11.3 Å². The first-order valence-electron chi connectivity index (χ1n) is 12.6. The van der Waals surface area contributed by atoms with Crippen LogP contribution in [0.4, 0.5) is 0 Å². The summed E-state index contributed by atoms with van der Waals surface area (Å²) in [6.07, 6.45) is 4.93. The normalized spacial score (nSPS) is 21.2. The minimum absolute atomic E-state index is 0.0358. The third-order valence-electron chi connectivity index (χ3n) is 6.71. The molecule has 3 rings (SSSR count). The fourth-order valence-electron chi connectivity index (χ4n) is 4.41. The average molecular weight is 525 g/mol. The number of ether oxygens (including phenoxy) is 3. The van der Waals surface area contributed by atoms with Gasteiger partial charge < -0.3 is 24.2 Å². The summed E-state index contributed by atoms with van der Waals surface area (Å²) in [5.74, 6) is 0.820. The molecule has 0 aliphatic carbocycles. The molecule has 1 aromatic rings. The third-order valence-corrected chi connectivity index (χ3v) is 8.63. The van der Waals surface area contributed by atoms with Gasteiger partial charge in [0.2, 0.25) is 16.3 Å². The molecule has 36 heavy (non-hydrogen) atoms. The lowest BCUT2D eigenvalue weighted by molar-refractivity contribution is -0.158. The average Bonchev–Trinajstić information content (AvgIpc) is 2.87. The number of rotatable bonds is 10. The zero-order valence-electron chi connectivity index (χ0n) is 21.8. The van der Waals surface area contributed by atoms with Crippen LogP contribution in [0.2, 0.25) is 0 Å². The summed E-state index contributed by atoms with van der Waals surface area (Å²) in [6.45, 7) is 7.51. The molecule has 9 nitrogen and oxygen atoms in total. The maximum absolute atomic E-state index is 13.1. The van der Waals surface area contributed by atoms with Gasteiger partial charge in [0.15, 0.2) is 5.76 Å². The Hall–Kier alpha value is -2.14. The SMILES string of the molecule is COc1ccc(S(=O)(=O)N(CCO)CCO[C@@H]2C[C@H](C(C)(C)C)C=C(C(=O)N3CCCCC3)O2)cc1. The van der Waals surface area contributed by atoms with Crippen molar-refractivity contribution in [2.24, 2.45) is 11.3 Å². The first kappa shape index (κ1) is 28.4. The van der Waals surface area contributed by atoms with Crippen LogP contribution in [-0.2, 0) is 24.3 Å². The van der Waals surface area contributed by atoms with E-state index >= 15 is 0 Å². The van der Waals surface area contributed by atoms with Gasteiger partial charge >= 0.3 is 0 Å². The fourth-order valence-corrected chi connectivity index (χ4v) is 5.83. The highest BCUT2D eigenvalue weighted by atomic mass is 32.2. The highest BCUT2D eigenvalue weighted by Gasteiger charge is 2.36. The van der Waals surface area contributed by atoms with Crippen molar-refractivity contribution in [1.82, 2.24) is 9.21 Å². The molecule has 0 unspecified atom stereocenters. The van der Waals surface area contributed by atoms with Gasteiger partial charge in [-0.1, -0.05) is 20.8 Å². The molecule has 10 heteroatoms. The lowest BCUT2D eigenvalue weighted by Gasteiger charge is -2.37. The van der Waals surface area contributed by atoms with Crippen molar-refractivity contribution in [1.29, 1.82) is 0 Å². The van der Waals surface area contributed by atoms with Crippen molar-refractivity contribution in [2.75, 3.05) is 46.5 Å². The van der Waals surface area contributed by atoms with Crippen LogP contribution in [0.1, 0.15) is 46.5 Å².